The fraction of sp³-hybridized carbons (Fsp3) is 1.00. The molecule has 0 saturated carbocycles. The van der Waals surface area contributed by atoms with E-state index in [0.717, 1.165) is 25.9 Å². The molecular formula is C10H23NO3. The Kier molecular flexibility index (Phi) is 9.29. The second-order valence-corrected chi connectivity index (χ2v) is 2.96. The molecule has 1 unspecified atom stereocenters. The summed E-state index contributed by atoms with van der Waals surface area (Å²) < 4.78 is 10.2. The van der Waals surface area contributed by atoms with Crippen LogP contribution in [0.15, 0.2) is 0 Å². The van der Waals surface area contributed by atoms with Gasteiger partial charge in [0, 0.05) is 26.8 Å². The number of nitrogens with zero attached hydrogens (tertiary/aromatic N) is 1. The molecule has 0 amide bonds. The van der Waals surface area contributed by atoms with E-state index in [1.165, 1.54) is 0 Å². The number of ether oxygens (including phenoxy) is 2. The standard InChI is InChI=1S/C10H23NO3/c1-5-8-9-11(6-2)14-10(12-4)13-7-3/h10H,5-9H2,1-4H3. The van der Waals surface area contributed by atoms with Crippen molar-refractivity contribution < 1.29 is 14.3 Å². The van der Waals surface area contributed by atoms with Crippen LogP contribution in [0.2, 0.25) is 0 Å². The van der Waals surface area contributed by atoms with E-state index in [1.807, 2.05) is 18.9 Å². The Bertz CT molecular complexity index is 122. The maximum Gasteiger partial charge on any atom is 0.288 e. The highest BCUT2D eigenvalue weighted by Crippen LogP contribution is 2.02. The molecule has 4 heteroatoms. The molecule has 0 spiro atoms. The number of hydrogen-bond donors (Lipinski definition) is 0. The maximum absolute atomic E-state index is 5.48. The quantitative estimate of drug-likeness (QED) is 0.425. The van der Waals surface area contributed by atoms with Crippen LogP contribution in [0, 0.1) is 0 Å². The molecule has 0 heterocycles. The van der Waals surface area contributed by atoms with E-state index in [4.69, 9.17) is 14.3 Å². The third-order valence-corrected chi connectivity index (χ3v) is 1.84. The van der Waals surface area contributed by atoms with Crippen molar-refractivity contribution >= 4 is 0 Å². The van der Waals surface area contributed by atoms with Crippen molar-refractivity contribution in [3.05, 3.63) is 0 Å². The van der Waals surface area contributed by atoms with Crippen LogP contribution in [0.1, 0.15) is 33.6 Å². The van der Waals surface area contributed by atoms with Gasteiger partial charge in [0.05, 0.1) is 0 Å². The molecule has 0 radical (unpaired) electrons. The minimum atomic E-state index is -0.572. The van der Waals surface area contributed by atoms with Gasteiger partial charge in [-0.2, -0.15) is 5.06 Å². The number of hydrogen-bond acceptors (Lipinski definition) is 4. The Labute approximate surface area is 87.1 Å². The van der Waals surface area contributed by atoms with Crippen molar-refractivity contribution in [1.82, 2.24) is 5.06 Å². The van der Waals surface area contributed by atoms with Crippen LogP contribution >= 0.6 is 0 Å². The van der Waals surface area contributed by atoms with Crippen molar-refractivity contribution in [3.63, 3.8) is 0 Å². The normalized spacial score (nSPS) is 13.5. The summed E-state index contributed by atoms with van der Waals surface area (Å²) >= 11 is 0. The highest BCUT2D eigenvalue weighted by Gasteiger charge is 2.11. The van der Waals surface area contributed by atoms with Gasteiger partial charge in [-0.1, -0.05) is 20.3 Å². The van der Waals surface area contributed by atoms with Crippen molar-refractivity contribution in [1.29, 1.82) is 0 Å². The predicted molar refractivity (Wildman–Crippen MR) is 55.7 cm³/mol. The zero-order valence-electron chi connectivity index (χ0n) is 9.78. The fourth-order valence-electron chi connectivity index (χ4n) is 1.02. The molecule has 0 aliphatic heterocycles. The van der Waals surface area contributed by atoms with Crippen molar-refractivity contribution in [2.75, 3.05) is 26.8 Å². The lowest BCUT2D eigenvalue weighted by molar-refractivity contribution is -0.364. The lowest BCUT2D eigenvalue weighted by atomic mass is 10.3. The fourth-order valence-corrected chi connectivity index (χ4v) is 1.02. The Balaban J connectivity index is 3.75. The van der Waals surface area contributed by atoms with Gasteiger partial charge in [0.2, 0.25) is 0 Å². The Hall–Kier alpha value is -0.160. The number of unbranched alkanes of at least 4 members (excludes halogenated alkanes) is 1. The van der Waals surface area contributed by atoms with Crippen LogP contribution in [-0.2, 0) is 14.3 Å². The summed E-state index contributed by atoms with van der Waals surface area (Å²) in [5.74, 6) is 0. The van der Waals surface area contributed by atoms with Gasteiger partial charge >= 0.3 is 0 Å². The molecule has 0 fully saturated rings. The van der Waals surface area contributed by atoms with Gasteiger partial charge in [0.25, 0.3) is 6.48 Å². The van der Waals surface area contributed by atoms with Crippen LogP contribution in [0.5, 0.6) is 0 Å². The van der Waals surface area contributed by atoms with Gasteiger partial charge in [-0.3, -0.25) is 0 Å². The molecule has 0 aliphatic rings. The summed E-state index contributed by atoms with van der Waals surface area (Å²) in [6.45, 7) is 7.89. The van der Waals surface area contributed by atoms with Gasteiger partial charge in [-0.25, -0.2) is 4.84 Å². The summed E-state index contributed by atoms with van der Waals surface area (Å²) in [6.07, 6.45) is 2.28. The van der Waals surface area contributed by atoms with E-state index in [-0.39, 0.29) is 0 Å². The zero-order valence-corrected chi connectivity index (χ0v) is 9.78. The highest BCUT2D eigenvalue weighted by molar-refractivity contribution is 4.42. The monoisotopic (exact) mass is 205 g/mol. The van der Waals surface area contributed by atoms with Crippen molar-refractivity contribution in [3.8, 4) is 0 Å². The molecule has 86 valence electrons. The third kappa shape index (κ3) is 6.32. The maximum atomic E-state index is 5.48. The molecule has 0 aromatic rings. The molecule has 14 heavy (non-hydrogen) atoms. The van der Waals surface area contributed by atoms with Crippen LogP contribution in [0.4, 0.5) is 0 Å². The number of rotatable bonds is 9. The van der Waals surface area contributed by atoms with Gasteiger partial charge in [-0.05, 0) is 13.3 Å². The van der Waals surface area contributed by atoms with E-state index in [2.05, 4.69) is 6.92 Å². The van der Waals surface area contributed by atoms with Crippen LogP contribution < -0.4 is 0 Å². The first-order valence-corrected chi connectivity index (χ1v) is 5.34. The predicted octanol–water partition coefficient (Wildman–Crippen LogP) is 2.01. The third-order valence-electron chi connectivity index (χ3n) is 1.84. The smallest absolute Gasteiger partial charge is 0.288 e. The minimum Gasteiger partial charge on any atom is -0.332 e. The summed E-state index contributed by atoms with van der Waals surface area (Å²) in [5, 5.41) is 1.87. The molecule has 4 nitrogen and oxygen atoms in total. The lowest BCUT2D eigenvalue weighted by Gasteiger charge is -2.24. The van der Waals surface area contributed by atoms with E-state index in [0.29, 0.717) is 6.61 Å². The zero-order chi connectivity index (χ0) is 10.8. The number of hydroxylamine groups is 2. The Morgan fingerprint density at radius 3 is 2.36 bits per heavy atom. The molecule has 0 aliphatic carbocycles. The topological polar surface area (TPSA) is 30.9 Å². The Morgan fingerprint density at radius 1 is 1.21 bits per heavy atom. The first-order chi connectivity index (χ1) is 6.78. The summed E-state index contributed by atoms with van der Waals surface area (Å²) in [7, 11) is 1.58. The van der Waals surface area contributed by atoms with Crippen LogP contribution in [0.25, 0.3) is 0 Å². The second kappa shape index (κ2) is 9.40. The highest BCUT2D eigenvalue weighted by atomic mass is 16.9. The summed E-state index contributed by atoms with van der Waals surface area (Å²) in [4.78, 5) is 5.48. The molecule has 0 rings (SSSR count). The van der Waals surface area contributed by atoms with E-state index >= 15 is 0 Å². The SMILES string of the molecule is CCCCN(CC)OC(OC)OCC. The number of methoxy groups -OCH3 is 1. The molecule has 0 saturated heterocycles. The molecule has 0 aromatic carbocycles. The van der Waals surface area contributed by atoms with Crippen molar-refractivity contribution in [2.45, 2.75) is 40.1 Å². The minimum absolute atomic E-state index is 0.572. The van der Waals surface area contributed by atoms with Gasteiger partial charge in [-0.15, -0.1) is 0 Å². The first-order valence-electron chi connectivity index (χ1n) is 5.34. The van der Waals surface area contributed by atoms with Gasteiger partial charge in [0.15, 0.2) is 0 Å². The molecule has 0 bridgehead atoms. The summed E-state index contributed by atoms with van der Waals surface area (Å²) in [5.41, 5.74) is 0. The Morgan fingerprint density at radius 2 is 1.93 bits per heavy atom. The van der Waals surface area contributed by atoms with E-state index in [9.17, 15) is 0 Å². The first kappa shape index (κ1) is 13.8. The van der Waals surface area contributed by atoms with Crippen LogP contribution in [0.3, 0.4) is 0 Å². The summed E-state index contributed by atoms with van der Waals surface area (Å²) in [6, 6.07) is 0. The molecule has 1 atom stereocenters. The van der Waals surface area contributed by atoms with E-state index < -0.39 is 6.48 Å². The molecule has 0 N–H and O–H groups in total. The molecular weight excluding hydrogens is 182 g/mol. The van der Waals surface area contributed by atoms with Crippen LogP contribution in [-0.4, -0.2) is 38.3 Å². The van der Waals surface area contributed by atoms with Gasteiger partial charge in [0.1, 0.15) is 0 Å². The van der Waals surface area contributed by atoms with Crippen molar-refractivity contribution in [2.24, 2.45) is 0 Å². The van der Waals surface area contributed by atoms with E-state index in [1.54, 1.807) is 7.11 Å². The lowest BCUT2D eigenvalue weighted by Crippen LogP contribution is -2.33. The second-order valence-electron chi connectivity index (χ2n) is 2.96. The largest absolute Gasteiger partial charge is 0.332 e. The van der Waals surface area contributed by atoms with Gasteiger partial charge < -0.3 is 9.47 Å². The average Bonchev–Trinajstić information content (AvgIpc) is 2.22. The molecule has 0 aromatic heterocycles. The average molecular weight is 205 g/mol.